The lowest BCUT2D eigenvalue weighted by Gasteiger charge is -2.27. The smallest absolute Gasteiger partial charge is 0.233 e. The third-order valence-electron chi connectivity index (χ3n) is 5.01. The lowest BCUT2D eigenvalue weighted by atomic mass is 9.88. The second kappa shape index (κ2) is 8.97. The first kappa shape index (κ1) is 19.9. The van der Waals surface area contributed by atoms with E-state index in [-0.39, 0.29) is 17.2 Å². The van der Waals surface area contributed by atoms with Crippen molar-refractivity contribution in [3.63, 3.8) is 0 Å². The van der Waals surface area contributed by atoms with E-state index in [1.807, 2.05) is 25.1 Å². The van der Waals surface area contributed by atoms with Crippen molar-refractivity contribution >= 4 is 39.8 Å². The molecule has 3 aromatic rings. The summed E-state index contributed by atoms with van der Waals surface area (Å²) < 4.78 is 0.784. The van der Waals surface area contributed by atoms with Crippen LogP contribution in [0.5, 0.6) is 0 Å². The van der Waals surface area contributed by atoms with Crippen LogP contribution >= 0.6 is 23.1 Å². The molecule has 0 saturated carbocycles. The maximum atomic E-state index is 12.8. The Hall–Kier alpha value is -2.38. The zero-order valence-electron chi connectivity index (χ0n) is 16.5. The van der Waals surface area contributed by atoms with Gasteiger partial charge in [0, 0.05) is 5.69 Å². The molecule has 1 aromatic heterocycles. The van der Waals surface area contributed by atoms with Crippen molar-refractivity contribution in [3.8, 4) is 0 Å². The average molecular weight is 425 g/mol. The topological polar surface area (TPSA) is 66.9 Å². The Balaban J connectivity index is 1.35. The van der Waals surface area contributed by atoms with Crippen LogP contribution in [0.25, 0.3) is 0 Å². The summed E-state index contributed by atoms with van der Waals surface area (Å²) in [6.45, 7) is 3.97. The van der Waals surface area contributed by atoms with E-state index in [0.29, 0.717) is 0 Å². The molecule has 0 bridgehead atoms. The number of aryl methyl sites for hydroxylation is 2. The first-order chi connectivity index (χ1) is 14.1. The van der Waals surface area contributed by atoms with Gasteiger partial charge in [-0.3, -0.25) is 4.79 Å². The number of benzene rings is 2. The standard InChI is InChI=1S/C22H24N4OS2/c1-14-7-5-10-17(13-14)23-21-25-26-22(29-21)28-15(2)20(27)24-19-12-6-9-16-8-3-4-11-18(16)19/h3-5,7-8,10-11,13,15,19H,6,9,12H2,1-2H3,(H,23,25)(H,24,27). The van der Waals surface area contributed by atoms with Gasteiger partial charge in [-0.05, 0) is 61.9 Å². The number of rotatable bonds is 6. The van der Waals surface area contributed by atoms with Crippen LogP contribution in [0.15, 0.2) is 52.9 Å². The van der Waals surface area contributed by atoms with Gasteiger partial charge in [0.05, 0.1) is 11.3 Å². The van der Waals surface area contributed by atoms with Crippen molar-refractivity contribution in [2.45, 2.75) is 48.7 Å². The average Bonchev–Trinajstić information content (AvgIpc) is 3.15. The summed E-state index contributed by atoms with van der Waals surface area (Å²) in [6.07, 6.45) is 3.19. The SMILES string of the molecule is Cc1cccc(Nc2nnc(SC(C)C(=O)NC3CCCc4ccccc43)s2)c1. The summed E-state index contributed by atoms with van der Waals surface area (Å²) in [6, 6.07) is 16.6. The molecular weight excluding hydrogens is 400 g/mol. The molecule has 4 rings (SSSR count). The Kier molecular flexibility index (Phi) is 6.16. The highest BCUT2D eigenvalue weighted by Gasteiger charge is 2.24. The van der Waals surface area contributed by atoms with Crippen molar-refractivity contribution in [1.29, 1.82) is 0 Å². The summed E-state index contributed by atoms with van der Waals surface area (Å²) in [5, 5.41) is 15.4. The fraction of sp³-hybridized carbons (Fsp3) is 0.318. The highest BCUT2D eigenvalue weighted by Crippen LogP contribution is 2.33. The summed E-state index contributed by atoms with van der Waals surface area (Å²) >= 11 is 2.91. The quantitative estimate of drug-likeness (QED) is 0.528. The molecule has 150 valence electrons. The lowest BCUT2D eigenvalue weighted by Crippen LogP contribution is -2.35. The molecule has 1 aliphatic carbocycles. The van der Waals surface area contributed by atoms with Crippen molar-refractivity contribution in [2.75, 3.05) is 5.32 Å². The molecule has 0 fully saturated rings. The molecule has 2 aromatic carbocycles. The Labute approximate surface area is 179 Å². The number of hydrogen-bond donors (Lipinski definition) is 2. The minimum Gasteiger partial charge on any atom is -0.348 e. The third-order valence-corrected chi connectivity index (χ3v) is 7.03. The third kappa shape index (κ3) is 4.97. The molecule has 1 aliphatic rings. The van der Waals surface area contributed by atoms with Gasteiger partial charge in [-0.1, -0.05) is 59.5 Å². The highest BCUT2D eigenvalue weighted by molar-refractivity contribution is 8.02. The van der Waals surface area contributed by atoms with E-state index < -0.39 is 0 Å². The minimum absolute atomic E-state index is 0.0418. The Bertz CT molecular complexity index is 1000. The number of fused-ring (bicyclic) bond motifs is 1. The highest BCUT2D eigenvalue weighted by atomic mass is 32.2. The fourth-order valence-electron chi connectivity index (χ4n) is 3.55. The number of thioether (sulfide) groups is 1. The lowest BCUT2D eigenvalue weighted by molar-refractivity contribution is -0.121. The molecule has 0 saturated heterocycles. The van der Waals surface area contributed by atoms with E-state index in [1.54, 1.807) is 0 Å². The number of nitrogens with zero attached hydrogens (tertiary/aromatic N) is 2. The van der Waals surface area contributed by atoms with Gasteiger partial charge in [0.25, 0.3) is 0 Å². The van der Waals surface area contributed by atoms with E-state index in [4.69, 9.17) is 0 Å². The fourth-order valence-corrected chi connectivity index (χ4v) is 5.48. The molecule has 2 atom stereocenters. The number of aromatic nitrogens is 2. The van der Waals surface area contributed by atoms with Crippen LogP contribution in [0.4, 0.5) is 10.8 Å². The molecule has 1 heterocycles. The van der Waals surface area contributed by atoms with E-state index in [2.05, 4.69) is 58.1 Å². The molecule has 5 nitrogen and oxygen atoms in total. The Morgan fingerprint density at radius 2 is 2.07 bits per heavy atom. The molecule has 29 heavy (non-hydrogen) atoms. The first-order valence-electron chi connectivity index (χ1n) is 9.80. The summed E-state index contributed by atoms with van der Waals surface area (Å²) in [5.74, 6) is 0.0418. The number of carbonyl (C=O) groups excluding carboxylic acids is 1. The zero-order valence-corrected chi connectivity index (χ0v) is 18.1. The van der Waals surface area contributed by atoms with Crippen molar-refractivity contribution in [2.24, 2.45) is 0 Å². The van der Waals surface area contributed by atoms with Crippen molar-refractivity contribution in [3.05, 3.63) is 65.2 Å². The number of hydrogen-bond acceptors (Lipinski definition) is 6. The monoisotopic (exact) mass is 424 g/mol. The van der Waals surface area contributed by atoms with Gasteiger partial charge in [0.15, 0.2) is 4.34 Å². The second-order valence-corrected chi connectivity index (χ2v) is 9.85. The van der Waals surface area contributed by atoms with Crippen LogP contribution in [0.2, 0.25) is 0 Å². The van der Waals surface area contributed by atoms with E-state index in [9.17, 15) is 4.79 Å². The predicted octanol–water partition coefficient (Wildman–Crippen LogP) is 5.26. The zero-order chi connectivity index (χ0) is 20.2. The maximum absolute atomic E-state index is 12.8. The molecular formula is C22H24N4OS2. The van der Waals surface area contributed by atoms with Gasteiger partial charge in [-0.25, -0.2) is 0 Å². The maximum Gasteiger partial charge on any atom is 0.233 e. The molecule has 0 aliphatic heterocycles. The Morgan fingerprint density at radius 3 is 2.93 bits per heavy atom. The van der Waals surface area contributed by atoms with E-state index >= 15 is 0 Å². The van der Waals surface area contributed by atoms with Gasteiger partial charge in [0.1, 0.15) is 0 Å². The number of nitrogens with one attached hydrogen (secondary N) is 2. The molecule has 0 radical (unpaired) electrons. The van der Waals surface area contributed by atoms with Crippen LogP contribution in [-0.2, 0) is 11.2 Å². The largest absolute Gasteiger partial charge is 0.348 e. The summed E-state index contributed by atoms with van der Waals surface area (Å²) in [5.41, 5.74) is 4.77. The van der Waals surface area contributed by atoms with Gasteiger partial charge in [-0.2, -0.15) is 0 Å². The van der Waals surface area contributed by atoms with Gasteiger partial charge in [-0.15, -0.1) is 10.2 Å². The Morgan fingerprint density at radius 1 is 1.21 bits per heavy atom. The number of anilines is 2. The number of amides is 1. The minimum atomic E-state index is -0.233. The van der Waals surface area contributed by atoms with Crippen molar-refractivity contribution < 1.29 is 4.79 Å². The second-order valence-electron chi connectivity index (χ2n) is 7.28. The van der Waals surface area contributed by atoms with Gasteiger partial charge in [0.2, 0.25) is 11.0 Å². The summed E-state index contributed by atoms with van der Waals surface area (Å²) in [4.78, 5) is 12.8. The molecule has 2 unspecified atom stereocenters. The van der Waals surface area contributed by atoms with Crippen molar-refractivity contribution in [1.82, 2.24) is 15.5 Å². The first-order valence-corrected chi connectivity index (χ1v) is 11.5. The van der Waals surface area contributed by atoms with Crippen LogP contribution in [0, 0.1) is 6.92 Å². The van der Waals surface area contributed by atoms with E-state index in [0.717, 1.165) is 34.4 Å². The van der Waals surface area contributed by atoms with Gasteiger partial charge >= 0.3 is 0 Å². The normalized spacial score (nSPS) is 16.7. The van der Waals surface area contributed by atoms with Crippen LogP contribution in [0.3, 0.4) is 0 Å². The molecule has 1 amide bonds. The number of carbonyl (C=O) groups is 1. The van der Waals surface area contributed by atoms with E-state index in [1.165, 1.54) is 39.8 Å². The van der Waals surface area contributed by atoms with Crippen LogP contribution in [0.1, 0.15) is 42.5 Å². The predicted molar refractivity (Wildman–Crippen MR) is 120 cm³/mol. The van der Waals surface area contributed by atoms with Gasteiger partial charge < -0.3 is 10.6 Å². The molecule has 0 spiro atoms. The molecule has 2 N–H and O–H groups in total. The van der Waals surface area contributed by atoms with Crippen LogP contribution in [-0.4, -0.2) is 21.4 Å². The summed E-state index contributed by atoms with van der Waals surface area (Å²) in [7, 11) is 0. The molecule has 7 heteroatoms. The van der Waals surface area contributed by atoms with Crippen LogP contribution < -0.4 is 10.6 Å².